The number of carboxylic acid groups (broad SMARTS) is 1. The number of carboxylic acids is 1. The van der Waals surface area contributed by atoms with Crippen LogP contribution in [0.1, 0.15) is 36.8 Å². The Morgan fingerprint density at radius 1 is 1.05 bits per heavy atom. The minimum absolute atomic E-state index is 0.0252. The molecule has 0 spiro atoms. The number of nitrogen functional groups attached to an aromatic ring is 1. The SMILES string of the molecule is Nc1nnc(-c2ccccc2O)cc1C(F)=Cc1ccnc(OC2CC(OC3CCNCC3)C2)c1.O=C(O)C(F)(F)F. The van der Waals surface area contributed by atoms with Gasteiger partial charge in [0, 0.05) is 30.7 Å². The van der Waals surface area contributed by atoms with E-state index in [2.05, 4.69) is 20.5 Å². The van der Waals surface area contributed by atoms with E-state index in [-0.39, 0.29) is 29.3 Å². The van der Waals surface area contributed by atoms with Crippen LogP contribution < -0.4 is 15.8 Å². The Hall–Kier alpha value is -4.30. The zero-order chi connectivity index (χ0) is 30.3. The molecule has 1 aliphatic carbocycles. The molecule has 3 heterocycles. The molecule has 2 fully saturated rings. The molecule has 0 bridgehead atoms. The van der Waals surface area contributed by atoms with Gasteiger partial charge in [-0.05, 0) is 61.8 Å². The van der Waals surface area contributed by atoms with Gasteiger partial charge in [-0.15, -0.1) is 10.2 Å². The number of benzene rings is 1. The number of hydrogen-bond acceptors (Lipinski definition) is 9. The predicted molar refractivity (Wildman–Crippen MR) is 145 cm³/mol. The summed E-state index contributed by atoms with van der Waals surface area (Å²) in [7, 11) is 0. The number of carbonyl (C=O) groups is 1. The topological polar surface area (TPSA) is 153 Å². The van der Waals surface area contributed by atoms with Crippen molar-refractivity contribution in [1.82, 2.24) is 20.5 Å². The number of aliphatic carboxylic acids is 1. The van der Waals surface area contributed by atoms with E-state index in [1.165, 1.54) is 18.2 Å². The minimum Gasteiger partial charge on any atom is -0.507 e. The highest BCUT2D eigenvalue weighted by Gasteiger charge is 2.38. The number of phenols is 1. The zero-order valence-corrected chi connectivity index (χ0v) is 22.2. The summed E-state index contributed by atoms with van der Waals surface area (Å²) in [6.45, 7) is 2.02. The Morgan fingerprint density at radius 2 is 1.74 bits per heavy atom. The summed E-state index contributed by atoms with van der Waals surface area (Å²) in [5.41, 5.74) is 7.32. The first-order valence-corrected chi connectivity index (χ1v) is 13.1. The Balaban J connectivity index is 0.000000517. The van der Waals surface area contributed by atoms with Crippen LogP contribution in [0.3, 0.4) is 0 Å². The summed E-state index contributed by atoms with van der Waals surface area (Å²) in [4.78, 5) is 13.2. The van der Waals surface area contributed by atoms with E-state index < -0.39 is 18.0 Å². The van der Waals surface area contributed by atoms with E-state index in [1.54, 1.807) is 36.5 Å². The Morgan fingerprint density at radius 3 is 2.40 bits per heavy atom. The van der Waals surface area contributed by atoms with Gasteiger partial charge in [-0.25, -0.2) is 14.2 Å². The molecule has 1 saturated heterocycles. The van der Waals surface area contributed by atoms with Crippen LogP contribution in [0, 0.1) is 0 Å². The van der Waals surface area contributed by atoms with E-state index in [0.29, 0.717) is 28.8 Å². The van der Waals surface area contributed by atoms with Crippen LogP contribution >= 0.6 is 0 Å². The Kier molecular flexibility index (Phi) is 9.91. The van der Waals surface area contributed by atoms with Gasteiger partial charge in [0.1, 0.15) is 17.7 Å². The molecule has 1 saturated carbocycles. The fourth-order valence-electron chi connectivity index (χ4n) is 4.32. The molecule has 0 atom stereocenters. The third-order valence-corrected chi connectivity index (χ3v) is 6.56. The number of phenolic OH excluding ortho intramolecular Hbond substituents is 1. The third-order valence-electron chi connectivity index (χ3n) is 6.56. The average molecular weight is 592 g/mol. The van der Waals surface area contributed by atoms with Crippen molar-refractivity contribution in [3.63, 3.8) is 0 Å². The van der Waals surface area contributed by atoms with Crippen LogP contribution in [-0.4, -0.2) is 68.9 Å². The standard InChI is InChI=1S/C26H28FN5O3.C2HF3O2/c27-22(21-15-23(31-32-26(21)28)20-3-1-2-4-24(20)33)11-16-5-10-30-25(12-16)35-19-13-18(14-19)34-17-6-8-29-9-7-17;3-2(4,5)1(6)7/h1-5,10-12,15,17-19,29,33H,6-9,13-14H2,(H2,28,32);(H,6,7). The fraction of sp³-hybridized carbons (Fsp3) is 0.357. The molecule has 0 unspecified atom stereocenters. The van der Waals surface area contributed by atoms with Gasteiger partial charge < -0.3 is 30.7 Å². The monoisotopic (exact) mass is 591 g/mol. The zero-order valence-electron chi connectivity index (χ0n) is 22.2. The van der Waals surface area contributed by atoms with Crippen molar-refractivity contribution >= 4 is 23.7 Å². The van der Waals surface area contributed by atoms with E-state index in [9.17, 15) is 18.3 Å². The van der Waals surface area contributed by atoms with Gasteiger partial charge in [-0.2, -0.15) is 13.2 Å². The summed E-state index contributed by atoms with van der Waals surface area (Å²) in [6.07, 6.45) is 2.20. The summed E-state index contributed by atoms with van der Waals surface area (Å²) < 4.78 is 59.1. The second-order valence-electron chi connectivity index (χ2n) is 9.69. The van der Waals surface area contributed by atoms with Crippen LogP contribution in [0.4, 0.5) is 23.4 Å². The number of pyridine rings is 1. The molecule has 1 aliphatic heterocycles. The van der Waals surface area contributed by atoms with Crippen LogP contribution in [-0.2, 0) is 9.53 Å². The lowest BCUT2D eigenvalue weighted by Crippen LogP contribution is -2.43. The molecule has 42 heavy (non-hydrogen) atoms. The lowest BCUT2D eigenvalue weighted by atomic mass is 9.91. The molecular weight excluding hydrogens is 562 g/mol. The highest BCUT2D eigenvalue weighted by atomic mass is 19.4. The maximum absolute atomic E-state index is 15.2. The van der Waals surface area contributed by atoms with Gasteiger partial charge in [-0.3, -0.25) is 0 Å². The van der Waals surface area contributed by atoms with Crippen molar-refractivity contribution in [1.29, 1.82) is 0 Å². The summed E-state index contributed by atoms with van der Waals surface area (Å²) in [5, 5.41) is 28.4. The molecule has 10 nitrogen and oxygen atoms in total. The second-order valence-corrected chi connectivity index (χ2v) is 9.69. The van der Waals surface area contributed by atoms with Gasteiger partial charge in [-0.1, -0.05) is 12.1 Å². The van der Waals surface area contributed by atoms with Crippen molar-refractivity contribution in [2.24, 2.45) is 0 Å². The molecule has 2 aromatic heterocycles. The molecule has 0 radical (unpaired) electrons. The molecule has 5 rings (SSSR count). The molecule has 2 aliphatic rings. The van der Waals surface area contributed by atoms with E-state index in [0.717, 1.165) is 38.8 Å². The lowest BCUT2D eigenvalue weighted by molar-refractivity contribution is -0.192. The number of rotatable bonds is 7. The molecule has 1 aromatic carbocycles. The van der Waals surface area contributed by atoms with Crippen molar-refractivity contribution in [2.75, 3.05) is 18.8 Å². The number of alkyl halides is 3. The summed E-state index contributed by atoms with van der Waals surface area (Å²) in [6, 6.07) is 11.5. The van der Waals surface area contributed by atoms with Gasteiger partial charge in [0.25, 0.3) is 0 Å². The first-order valence-electron chi connectivity index (χ1n) is 13.1. The smallest absolute Gasteiger partial charge is 0.490 e. The molecular formula is C28H29F4N5O5. The number of halogens is 4. The number of piperidine rings is 1. The number of hydrogen-bond donors (Lipinski definition) is 4. The second kappa shape index (κ2) is 13.6. The molecule has 224 valence electrons. The van der Waals surface area contributed by atoms with E-state index >= 15 is 4.39 Å². The predicted octanol–water partition coefficient (Wildman–Crippen LogP) is 4.61. The van der Waals surface area contributed by atoms with Crippen LogP contribution in [0.15, 0.2) is 48.7 Å². The highest BCUT2D eigenvalue weighted by molar-refractivity contribution is 5.83. The number of nitrogens with two attached hydrogens (primary N) is 1. The largest absolute Gasteiger partial charge is 0.507 e. The van der Waals surface area contributed by atoms with Crippen molar-refractivity contribution in [3.8, 4) is 22.9 Å². The van der Waals surface area contributed by atoms with E-state index in [4.69, 9.17) is 25.1 Å². The third kappa shape index (κ3) is 8.36. The van der Waals surface area contributed by atoms with Gasteiger partial charge in [0.2, 0.25) is 5.88 Å². The normalized spacial score (nSPS) is 19.3. The number of nitrogens with one attached hydrogen (secondary N) is 1. The number of aromatic nitrogens is 3. The van der Waals surface area contributed by atoms with Crippen molar-refractivity contribution < 1.29 is 42.0 Å². The quantitative estimate of drug-likeness (QED) is 0.287. The summed E-state index contributed by atoms with van der Waals surface area (Å²) in [5.74, 6) is -2.92. The molecule has 5 N–H and O–H groups in total. The minimum atomic E-state index is -5.08. The van der Waals surface area contributed by atoms with Crippen molar-refractivity contribution in [2.45, 2.75) is 50.2 Å². The Labute approximate surface area is 238 Å². The number of nitrogens with zero attached hydrogens (tertiary/aromatic N) is 3. The van der Waals surface area contributed by atoms with Crippen LogP contribution in [0.25, 0.3) is 23.2 Å². The number of para-hydroxylation sites is 1. The summed E-state index contributed by atoms with van der Waals surface area (Å²) >= 11 is 0. The molecule has 14 heteroatoms. The maximum atomic E-state index is 15.2. The van der Waals surface area contributed by atoms with Crippen molar-refractivity contribution in [3.05, 3.63) is 59.8 Å². The maximum Gasteiger partial charge on any atom is 0.490 e. The van der Waals surface area contributed by atoms with Crippen LogP contribution in [0.2, 0.25) is 0 Å². The number of ether oxygens (including phenoxy) is 2. The van der Waals surface area contributed by atoms with Gasteiger partial charge >= 0.3 is 12.1 Å². The number of anilines is 1. The first kappa shape index (κ1) is 30.7. The first-order chi connectivity index (χ1) is 20.0. The van der Waals surface area contributed by atoms with Gasteiger partial charge in [0.15, 0.2) is 5.82 Å². The fourth-order valence-corrected chi connectivity index (χ4v) is 4.32. The lowest BCUT2D eigenvalue weighted by Gasteiger charge is -2.38. The highest BCUT2D eigenvalue weighted by Crippen LogP contribution is 2.33. The van der Waals surface area contributed by atoms with Gasteiger partial charge in [0.05, 0.1) is 23.5 Å². The molecule has 0 amide bonds. The average Bonchev–Trinajstić information content (AvgIpc) is 2.93. The number of aromatic hydroxyl groups is 1. The Bertz CT molecular complexity index is 1410. The molecule has 3 aromatic rings. The van der Waals surface area contributed by atoms with E-state index in [1.807, 2.05) is 0 Å². The van der Waals surface area contributed by atoms with Crippen LogP contribution in [0.5, 0.6) is 11.6 Å².